The zero-order valence-electron chi connectivity index (χ0n) is 20.3. The van der Waals surface area contributed by atoms with Gasteiger partial charge in [0, 0.05) is 17.0 Å². The Labute approximate surface area is 204 Å². The van der Waals surface area contributed by atoms with Crippen molar-refractivity contribution in [2.24, 2.45) is 5.92 Å². The minimum Gasteiger partial charge on any atom is -0.490 e. The van der Waals surface area contributed by atoms with Crippen LogP contribution in [0.3, 0.4) is 0 Å². The molecule has 34 heavy (non-hydrogen) atoms. The molecule has 3 N–H and O–H groups in total. The highest BCUT2D eigenvalue weighted by molar-refractivity contribution is 7.15. The lowest BCUT2D eigenvalue weighted by Crippen LogP contribution is -2.36. The van der Waals surface area contributed by atoms with Gasteiger partial charge in [-0.1, -0.05) is 25.9 Å². The number of amides is 1. The van der Waals surface area contributed by atoms with Crippen molar-refractivity contribution < 1.29 is 24.3 Å². The normalized spacial score (nSPS) is 12.2. The van der Waals surface area contributed by atoms with Gasteiger partial charge in [-0.05, 0) is 67.5 Å². The van der Waals surface area contributed by atoms with E-state index >= 15 is 0 Å². The molecule has 2 heterocycles. The summed E-state index contributed by atoms with van der Waals surface area (Å²) in [5.41, 5.74) is 4.00. The van der Waals surface area contributed by atoms with Crippen molar-refractivity contribution in [3.05, 3.63) is 39.8 Å². The smallest absolute Gasteiger partial charge is 0.268 e. The summed E-state index contributed by atoms with van der Waals surface area (Å²) in [5.74, 6) is 1.76. The number of aliphatic hydroxyl groups is 2. The third-order valence-electron chi connectivity index (χ3n) is 5.37. The summed E-state index contributed by atoms with van der Waals surface area (Å²) in [5, 5.41) is 25.5. The van der Waals surface area contributed by atoms with Crippen LogP contribution in [0.2, 0.25) is 0 Å². The van der Waals surface area contributed by atoms with Crippen LogP contribution in [-0.4, -0.2) is 52.1 Å². The Kier molecular flexibility index (Phi) is 8.82. The molecule has 9 heteroatoms. The number of carbonyl (C=O) groups is 1. The van der Waals surface area contributed by atoms with E-state index in [2.05, 4.69) is 42.3 Å². The molecular formula is C25H33N3O5S. The molecule has 1 aromatic carbocycles. The first kappa shape index (κ1) is 25.9. The molecule has 0 fully saturated rings. The fourth-order valence-electron chi connectivity index (χ4n) is 3.68. The number of nitrogens with zero attached hydrogens (tertiary/aromatic N) is 2. The number of ether oxygens (including phenoxy) is 1. The van der Waals surface area contributed by atoms with E-state index < -0.39 is 18.6 Å². The largest absolute Gasteiger partial charge is 0.490 e. The Morgan fingerprint density at radius 3 is 2.68 bits per heavy atom. The van der Waals surface area contributed by atoms with E-state index in [1.807, 2.05) is 26.0 Å². The van der Waals surface area contributed by atoms with Gasteiger partial charge in [-0.15, -0.1) is 11.3 Å². The van der Waals surface area contributed by atoms with Gasteiger partial charge in [0.2, 0.25) is 11.7 Å². The Balaban J connectivity index is 1.76. The number of hydrogen-bond donors (Lipinski definition) is 3. The van der Waals surface area contributed by atoms with Gasteiger partial charge in [-0.25, -0.2) is 0 Å². The highest BCUT2D eigenvalue weighted by Gasteiger charge is 2.18. The summed E-state index contributed by atoms with van der Waals surface area (Å²) in [6.07, 6.45) is 0.843. The molecule has 2 aromatic heterocycles. The average molecular weight is 488 g/mol. The Bertz CT molecular complexity index is 1120. The van der Waals surface area contributed by atoms with Crippen LogP contribution in [0.15, 0.2) is 22.7 Å². The molecule has 0 radical (unpaired) electrons. The van der Waals surface area contributed by atoms with E-state index in [0.29, 0.717) is 23.4 Å². The molecule has 0 aliphatic heterocycles. The predicted octanol–water partition coefficient (Wildman–Crippen LogP) is 3.69. The van der Waals surface area contributed by atoms with E-state index in [-0.39, 0.29) is 13.2 Å². The summed E-state index contributed by atoms with van der Waals surface area (Å²) in [6, 6.07) is 6.05. The van der Waals surface area contributed by atoms with Gasteiger partial charge < -0.3 is 24.8 Å². The second-order valence-corrected chi connectivity index (χ2v) is 10.0. The maximum absolute atomic E-state index is 11.1. The fraction of sp³-hybridized carbons (Fsp3) is 0.480. The van der Waals surface area contributed by atoms with Crippen LogP contribution >= 0.6 is 11.3 Å². The molecule has 0 saturated carbocycles. The molecule has 3 rings (SSSR count). The van der Waals surface area contributed by atoms with Crippen molar-refractivity contribution in [3.8, 4) is 27.9 Å². The minimum absolute atomic E-state index is 0.00466. The summed E-state index contributed by atoms with van der Waals surface area (Å²) in [7, 11) is 0. The van der Waals surface area contributed by atoms with Gasteiger partial charge >= 0.3 is 0 Å². The number of hydrogen-bond acceptors (Lipinski definition) is 8. The highest BCUT2D eigenvalue weighted by Crippen LogP contribution is 2.34. The number of aryl methyl sites for hydroxylation is 3. The number of nitrogens with one attached hydrogen (secondary N) is 1. The Morgan fingerprint density at radius 2 is 2.00 bits per heavy atom. The van der Waals surface area contributed by atoms with Crippen LogP contribution in [-0.2, 0) is 17.6 Å². The molecule has 3 aromatic rings. The maximum atomic E-state index is 11.1. The number of carbonyl (C=O) groups excluding carboxylic acids is 1. The zero-order chi connectivity index (χ0) is 24.8. The standard InChI is InChI=1S/C25H33N3O5S/c1-6-17-9-19(8-15(4)23(17)32-13-20(30)11-26-22(31)12-29)24-27-25(33-28-24)21-10-18(7-14(2)3)16(5)34-21/h8-10,14,20,29-30H,6-7,11-13H2,1-5H3,(H,26,31). The minimum atomic E-state index is -0.895. The van der Waals surface area contributed by atoms with E-state index in [4.69, 9.17) is 14.4 Å². The second-order valence-electron chi connectivity index (χ2n) is 8.78. The number of aliphatic hydroxyl groups excluding tert-OH is 2. The van der Waals surface area contributed by atoms with Crippen molar-refractivity contribution in [3.63, 3.8) is 0 Å². The van der Waals surface area contributed by atoms with E-state index in [1.165, 1.54) is 10.4 Å². The van der Waals surface area contributed by atoms with Gasteiger partial charge in [-0.3, -0.25) is 4.79 Å². The number of thiophene rings is 1. The number of benzene rings is 1. The third kappa shape index (κ3) is 6.43. The van der Waals surface area contributed by atoms with Crippen molar-refractivity contribution >= 4 is 17.2 Å². The molecular weight excluding hydrogens is 454 g/mol. The summed E-state index contributed by atoms with van der Waals surface area (Å²) in [4.78, 5) is 18.0. The average Bonchev–Trinajstić information content (AvgIpc) is 3.43. The third-order valence-corrected chi connectivity index (χ3v) is 6.46. The van der Waals surface area contributed by atoms with Gasteiger partial charge in [0.05, 0.1) is 4.88 Å². The molecule has 0 spiro atoms. The SMILES string of the molecule is CCc1cc(-c2noc(-c3cc(CC(C)C)c(C)s3)n2)cc(C)c1OCC(O)CNC(=O)CO. The quantitative estimate of drug-likeness (QED) is 0.377. The van der Waals surface area contributed by atoms with Gasteiger partial charge in [0.25, 0.3) is 5.89 Å². The van der Waals surface area contributed by atoms with Crippen LogP contribution in [0.4, 0.5) is 0 Å². The zero-order valence-corrected chi connectivity index (χ0v) is 21.2. The van der Waals surface area contributed by atoms with Gasteiger partial charge in [0.1, 0.15) is 25.1 Å². The van der Waals surface area contributed by atoms with Crippen LogP contribution in [0, 0.1) is 19.8 Å². The topological polar surface area (TPSA) is 118 Å². The monoisotopic (exact) mass is 487 g/mol. The number of rotatable bonds is 11. The first-order valence-electron chi connectivity index (χ1n) is 11.5. The van der Waals surface area contributed by atoms with Crippen LogP contribution < -0.4 is 10.1 Å². The molecule has 1 unspecified atom stereocenters. The molecule has 184 valence electrons. The summed E-state index contributed by atoms with van der Waals surface area (Å²) in [6.45, 7) is 9.89. The Morgan fingerprint density at radius 1 is 1.24 bits per heavy atom. The molecule has 0 aliphatic rings. The van der Waals surface area contributed by atoms with Crippen molar-refractivity contribution in [2.45, 2.75) is 53.6 Å². The fourth-order valence-corrected chi connectivity index (χ4v) is 4.65. The molecule has 0 saturated heterocycles. The predicted molar refractivity (Wildman–Crippen MR) is 132 cm³/mol. The van der Waals surface area contributed by atoms with Crippen LogP contribution in [0.5, 0.6) is 5.75 Å². The van der Waals surface area contributed by atoms with E-state index in [0.717, 1.165) is 34.4 Å². The lowest BCUT2D eigenvalue weighted by molar-refractivity contribution is -0.124. The van der Waals surface area contributed by atoms with Gasteiger partial charge in [-0.2, -0.15) is 4.98 Å². The first-order valence-corrected chi connectivity index (χ1v) is 12.3. The molecule has 1 amide bonds. The highest BCUT2D eigenvalue weighted by atomic mass is 32.1. The van der Waals surface area contributed by atoms with Crippen molar-refractivity contribution in [1.29, 1.82) is 0 Å². The van der Waals surface area contributed by atoms with E-state index in [9.17, 15) is 9.90 Å². The van der Waals surface area contributed by atoms with E-state index in [1.54, 1.807) is 11.3 Å². The molecule has 0 bridgehead atoms. The maximum Gasteiger partial charge on any atom is 0.268 e. The first-order chi connectivity index (χ1) is 16.2. The Hall–Kier alpha value is -2.75. The molecule has 1 atom stereocenters. The van der Waals surface area contributed by atoms with Crippen molar-refractivity contribution in [2.75, 3.05) is 19.8 Å². The molecule has 8 nitrogen and oxygen atoms in total. The second kappa shape index (κ2) is 11.6. The molecule has 0 aliphatic carbocycles. The van der Waals surface area contributed by atoms with Crippen LogP contribution in [0.1, 0.15) is 42.3 Å². The van der Waals surface area contributed by atoms with Gasteiger partial charge in [0.15, 0.2) is 0 Å². The lowest BCUT2D eigenvalue weighted by atomic mass is 10.0. The van der Waals surface area contributed by atoms with Crippen LogP contribution in [0.25, 0.3) is 22.2 Å². The lowest BCUT2D eigenvalue weighted by Gasteiger charge is -2.17. The summed E-state index contributed by atoms with van der Waals surface area (Å²) < 4.78 is 11.5. The summed E-state index contributed by atoms with van der Waals surface area (Å²) >= 11 is 1.67. The number of aromatic nitrogens is 2. The van der Waals surface area contributed by atoms with Crippen molar-refractivity contribution in [1.82, 2.24) is 15.5 Å².